The first-order valence-electron chi connectivity index (χ1n) is 8.06. The molecule has 1 aromatic carbocycles. The molecule has 1 amide bonds. The summed E-state index contributed by atoms with van der Waals surface area (Å²) in [5, 5.41) is 6.54. The highest BCUT2D eigenvalue weighted by molar-refractivity contribution is 5.68. The minimum absolute atomic E-state index is 0.193. The Morgan fingerprint density at radius 2 is 1.82 bits per heavy atom. The molecule has 1 aliphatic carbocycles. The summed E-state index contributed by atoms with van der Waals surface area (Å²) in [6.07, 6.45) is 2.67. The number of hydrogen-bond donors (Lipinski definition) is 2. The molecule has 0 aromatic heterocycles. The molecule has 2 rings (SSSR count). The van der Waals surface area contributed by atoms with E-state index in [1.165, 1.54) is 11.1 Å². The number of benzene rings is 1. The van der Waals surface area contributed by atoms with E-state index in [1.807, 2.05) is 20.8 Å². The predicted molar refractivity (Wildman–Crippen MR) is 90.3 cm³/mol. The zero-order valence-corrected chi connectivity index (χ0v) is 14.3. The lowest BCUT2D eigenvalue weighted by molar-refractivity contribution is 0.0505. The van der Waals surface area contributed by atoms with Gasteiger partial charge in [0.15, 0.2) is 0 Å². The maximum Gasteiger partial charge on any atom is 0.407 e. The summed E-state index contributed by atoms with van der Waals surface area (Å²) in [4.78, 5) is 11.8. The molecule has 1 fully saturated rings. The summed E-state index contributed by atoms with van der Waals surface area (Å²) in [5.41, 5.74) is 3.32. The molecule has 0 heterocycles. The average molecular weight is 304 g/mol. The smallest absolute Gasteiger partial charge is 0.407 e. The molecule has 2 unspecified atom stereocenters. The van der Waals surface area contributed by atoms with Gasteiger partial charge in [-0.2, -0.15) is 0 Å². The minimum atomic E-state index is -0.445. The number of ether oxygens (including phenoxy) is 1. The molecule has 4 heteroatoms. The highest BCUT2D eigenvalue weighted by Gasteiger charge is 2.27. The van der Waals surface area contributed by atoms with E-state index in [9.17, 15) is 4.79 Å². The summed E-state index contributed by atoms with van der Waals surface area (Å²) >= 11 is 0. The molecule has 1 aromatic rings. The molecule has 0 bridgehead atoms. The molecule has 2 atom stereocenters. The first-order chi connectivity index (χ1) is 10.2. The highest BCUT2D eigenvalue weighted by atomic mass is 16.6. The van der Waals surface area contributed by atoms with Gasteiger partial charge in [-0.05, 0) is 77.1 Å². The second kappa shape index (κ2) is 6.59. The molecule has 1 saturated carbocycles. The van der Waals surface area contributed by atoms with Crippen molar-refractivity contribution in [2.24, 2.45) is 0 Å². The zero-order chi connectivity index (χ0) is 16.3. The van der Waals surface area contributed by atoms with Gasteiger partial charge < -0.3 is 15.4 Å². The van der Waals surface area contributed by atoms with Crippen molar-refractivity contribution in [3.8, 4) is 0 Å². The maximum atomic E-state index is 11.8. The third-order valence-corrected chi connectivity index (χ3v) is 4.03. The normalized spacial score (nSPS) is 21.5. The van der Waals surface area contributed by atoms with Crippen LogP contribution in [0.1, 0.15) is 51.2 Å². The van der Waals surface area contributed by atoms with Crippen molar-refractivity contribution in [1.82, 2.24) is 5.32 Å². The summed E-state index contributed by atoms with van der Waals surface area (Å²) < 4.78 is 5.31. The van der Waals surface area contributed by atoms with Crippen LogP contribution in [0.15, 0.2) is 18.2 Å². The third kappa shape index (κ3) is 4.93. The molecular weight excluding hydrogens is 276 g/mol. The van der Waals surface area contributed by atoms with E-state index in [-0.39, 0.29) is 12.1 Å². The molecular formula is C18H28N2O2. The van der Waals surface area contributed by atoms with Crippen molar-refractivity contribution in [2.45, 2.75) is 71.6 Å². The van der Waals surface area contributed by atoms with Gasteiger partial charge in [-0.15, -0.1) is 0 Å². The van der Waals surface area contributed by atoms with E-state index in [0.29, 0.717) is 6.04 Å². The lowest BCUT2D eigenvalue weighted by Crippen LogP contribution is -2.38. The molecule has 1 aliphatic rings. The van der Waals surface area contributed by atoms with Crippen molar-refractivity contribution in [2.75, 3.05) is 5.32 Å². The summed E-state index contributed by atoms with van der Waals surface area (Å²) in [5.74, 6) is 0. The molecule has 0 radical (unpaired) electrons. The summed E-state index contributed by atoms with van der Waals surface area (Å²) in [7, 11) is 0. The van der Waals surface area contributed by atoms with Crippen molar-refractivity contribution in [1.29, 1.82) is 0 Å². The fourth-order valence-electron chi connectivity index (χ4n) is 2.78. The zero-order valence-electron chi connectivity index (χ0n) is 14.3. The Balaban J connectivity index is 1.82. The van der Waals surface area contributed by atoms with Crippen molar-refractivity contribution in [3.05, 3.63) is 29.3 Å². The lowest BCUT2D eigenvalue weighted by atomic mass is 10.1. The topological polar surface area (TPSA) is 50.4 Å². The SMILES string of the molecule is Cc1ccc(NC2CCC(NC(=O)OC(C)(C)C)C2)cc1C. The van der Waals surface area contributed by atoms with Gasteiger partial charge in [0.2, 0.25) is 0 Å². The maximum absolute atomic E-state index is 11.8. The highest BCUT2D eigenvalue weighted by Crippen LogP contribution is 2.24. The molecule has 22 heavy (non-hydrogen) atoms. The fraction of sp³-hybridized carbons (Fsp3) is 0.611. The Hall–Kier alpha value is -1.71. The van der Waals surface area contributed by atoms with Gasteiger partial charge in [0.25, 0.3) is 0 Å². The first kappa shape index (κ1) is 16.7. The van der Waals surface area contributed by atoms with Crippen LogP contribution >= 0.6 is 0 Å². The minimum Gasteiger partial charge on any atom is -0.444 e. The third-order valence-electron chi connectivity index (χ3n) is 4.03. The Bertz CT molecular complexity index is 534. The summed E-state index contributed by atoms with van der Waals surface area (Å²) in [6, 6.07) is 7.05. The molecule has 4 nitrogen and oxygen atoms in total. The number of carbonyl (C=O) groups excluding carboxylic acids is 1. The lowest BCUT2D eigenvalue weighted by Gasteiger charge is -2.22. The van der Waals surface area contributed by atoms with Crippen LogP contribution in [0.25, 0.3) is 0 Å². The van der Waals surface area contributed by atoms with E-state index in [2.05, 4.69) is 42.7 Å². The molecule has 0 spiro atoms. The number of alkyl carbamates (subject to hydrolysis) is 1. The number of hydrogen-bond acceptors (Lipinski definition) is 3. The van der Waals surface area contributed by atoms with E-state index < -0.39 is 5.60 Å². The van der Waals surface area contributed by atoms with Crippen molar-refractivity contribution in [3.63, 3.8) is 0 Å². The number of aryl methyl sites for hydroxylation is 2. The quantitative estimate of drug-likeness (QED) is 0.881. The van der Waals surface area contributed by atoms with Gasteiger partial charge in [0.1, 0.15) is 5.60 Å². The summed E-state index contributed by atoms with van der Waals surface area (Å²) in [6.45, 7) is 9.89. The molecule has 0 saturated heterocycles. The van der Waals surface area contributed by atoms with E-state index in [1.54, 1.807) is 0 Å². The van der Waals surface area contributed by atoms with Crippen molar-refractivity contribution < 1.29 is 9.53 Å². The Morgan fingerprint density at radius 1 is 1.14 bits per heavy atom. The van der Waals surface area contributed by atoms with Crippen LogP contribution < -0.4 is 10.6 Å². The van der Waals surface area contributed by atoms with Crippen LogP contribution in [0.2, 0.25) is 0 Å². The van der Waals surface area contributed by atoms with Gasteiger partial charge in [0.05, 0.1) is 0 Å². The van der Waals surface area contributed by atoms with Crippen LogP contribution in [-0.4, -0.2) is 23.8 Å². The second-order valence-corrected chi connectivity index (χ2v) is 7.30. The molecule has 0 aliphatic heterocycles. The van der Waals surface area contributed by atoms with Crippen LogP contribution in [0.3, 0.4) is 0 Å². The van der Waals surface area contributed by atoms with E-state index in [0.717, 1.165) is 24.9 Å². The number of nitrogens with one attached hydrogen (secondary N) is 2. The van der Waals surface area contributed by atoms with Gasteiger partial charge in [-0.25, -0.2) is 4.79 Å². The van der Waals surface area contributed by atoms with Gasteiger partial charge in [-0.3, -0.25) is 0 Å². The number of rotatable bonds is 3. The monoisotopic (exact) mass is 304 g/mol. The second-order valence-electron chi connectivity index (χ2n) is 7.30. The molecule has 2 N–H and O–H groups in total. The van der Waals surface area contributed by atoms with Crippen LogP contribution in [0.5, 0.6) is 0 Å². The van der Waals surface area contributed by atoms with Crippen LogP contribution in [0.4, 0.5) is 10.5 Å². The van der Waals surface area contributed by atoms with Crippen LogP contribution in [-0.2, 0) is 4.74 Å². The number of anilines is 1. The average Bonchev–Trinajstić information content (AvgIpc) is 2.78. The molecule has 122 valence electrons. The Morgan fingerprint density at radius 3 is 2.45 bits per heavy atom. The van der Waals surface area contributed by atoms with E-state index >= 15 is 0 Å². The van der Waals surface area contributed by atoms with Gasteiger partial charge in [-0.1, -0.05) is 6.07 Å². The largest absolute Gasteiger partial charge is 0.444 e. The fourth-order valence-corrected chi connectivity index (χ4v) is 2.78. The number of amides is 1. The van der Waals surface area contributed by atoms with Gasteiger partial charge >= 0.3 is 6.09 Å². The Labute approximate surface area is 133 Å². The van der Waals surface area contributed by atoms with Gasteiger partial charge in [0, 0.05) is 17.8 Å². The Kier molecular flexibility index (Phi) is 4.99. The van der Waals surface area contributed by atoms with Crippen LogP contribution in [0, 0.1) is 13.8 Å². The first-order valence-corrected chi connectivity index (χ1v) is 8.06. The van der Waals surface area contributed by atoms with Crippen molar-refractivity contribution >= 4 is 11.8 Å². The predicted octanol–water partition coefficient (Wildman–Crippen LogP) is 4.16. The van der Waals surface area contributed by atoms with E-state index in [4.69, 9.17) is 4.74 Å². The standard InChI is InChI=1S/C18H28N2O2/c1-12-6-7-14(10-13(12)2)19-15-8-9-16(11-15)20-17(21)22-18(3,4)5/h6-7,10,15-16,19H,8-9,11H2,1-5H3,(H,20,21). The number of carbonyl (C=O) groups is 1.